The first-order valence-electron chi connectivity index (χ1n) is 9.56. The molecule has 0 radical (unpaired) electrons. The Morgan fingerprint density at radius 1 is 1.36 bits per heavy atom. The second-order valence-electron chi connectivity index (χ2n) is 7.76. The van der Waals surface area contributed by atoms with Crippen molar-refractivity contribution >= 4 is 5.96 Å². The maximum absolute atomic E-state index is 13.2. The SMILES string of the molecule is CN=C(NCC(C)(C)c1ccc(F)cc1)NC1CCc2nc(COC)nn2C1. The molecular weight excluding hydrogens is 359 g/mol. The van der Waals surface area contributed by atoms with Gasteiger partial charge in [0.05, 0.1) is 6.54 Å². The number of hydrogen-bond acceptors (Lipinski definition) is 4. The number of benzene rings is 1. The zero-order valence-electron chi connectivity index (χ0n) is 17.0. The van der Waals surface area contributed by atoms with Crippen molar-refractivity contribution in [3.8, 4) is 0 Å². The smallest absolute Gasteiger partial charge is 0.191 e. The van der Waals surface area contributed by atoms with Crippen molar-refractivity contribution in [1.29, 1.82) is 0 Å². The second-order valence-corrected chi connectivity index (χ2v) is 7.76. The van der Waals surface area contributed by atoms with E-state index < -0.39 is 0 Å². The second kappa shape index (κ2) is 8.68. The van der Waals surface area contributed by atoms with E-state index in [1.54, 1.807) is 14.2 Å². The monoisotopic (exact) mass is 388 g/mol. The fourth-order valence-corrected chi connectivity index (χ4v) is 3.36. The molecule has 3 rings (SSSR count). The number of nitrogens with one attached hydrogen (secondary N) is 2. The number of aryl methyl sites for hydroxylation is 1. The summed E-state index contributed by atoms with van der Waals surface area (Å²) in [7, 11) is 3.41. The Balaban J connectivity index is 1.56. The molecule has 7 nitrogen and oxygen atoms in total. The third kappa shape index (κ3) is 4.86. The van der Waals surface area contributed by atoms with Crippen molar-refractivity contribution in [2.45, 2.75) is 51.3 Å². The third-order valence-corrected chi connectivity index (χ3v) is 5.06. The van der Waals surface area contributed by atoms with Crippen LogP contribution in [0, 0.1) is 5.82 Å². The molecule has 1 unspecified atom stereocenters. The molecule has 1 aromatic carbocycles. The number of hydrogen-bond donors (Lipinski definition) is 2. The number of fused-ring (bicyclic) bond motifs is 1. The average molecular weight is 388 g/mol. The Morgan fingerprint density at radius 2 is 2.11 bits per heavy atom. The lowest BCUT2D eigenvalue weighted by Gasteiger charge is -2.29. The molecule has 28 heavy (non-hydrogen) atoms. The van der Waals surface area contributed by atoms with Gasteiger partial charge in [0.15, 0.2) is 11.8 Å². The average Bonchev–Trinajstić information content (AvgIpc) is 3.07. The van der Waals surface area contributed by atoms with Crippen LogP contribution in [0.3, 0.4) is 0 Å². The Hall–Kier alpha value is -2.48. The number of halogens is 1. The molecule has 0 saturated carbocycles. The van der Waals surface area contributed by atoms with Gasteiger partial charge in [0.25, 0.3) is 0 Å². The van der Waals surface area contributed by atoms with Gasteiger partial charge in [-0.3, -0.25) is 4.99 Å². The van der Waals surface area contributed by atoms with Gasteiger partial charge in [-0.05, 0) is 24.1 Å². The van der Waals surface area contributed by atoms with E-state index in [2.05, 4.69) is 39.6 Å². The van der Waals surface area contributed by atoms with Crippen molar-refractivity contribution in [2.75, 3.05) is 20.7 Å². The first-order valence-corrected chi connectivity index (χ1v) is 9.56. The van der Waals surface area contributed by atoms with Gasteiger partial charge in [-0.25, -0.2) is 14.1 Å². The van der Waals surface area contributed by atoms with Crippen LogP contribution in [-0.4, -0.2) is 47.5 Å². The molecule has 1 aliphatic rings. The van der Waals surface area contributed by atoms with E-state index in [1.807, 2.05) is 16.8 Å². The van der Waals surface area contributed by atoms with Crippen LogP contribution >= 0.6 is 0 Å². The Kier molecular flexibility index (Phi) is 6.28. The number of aliphatic imine (C=N–C) groups is 1. The minimum absolute atomic E-state index is 0.161. The van der Waals surface area contributed by atoms with Gasteiger partial charge >= 0.3 is 0 Å². The van der Waals surface area contributed by atoms with E-state index in [0.717, 1.165) is 42.6 Å². The van der Waals surface area contributed by atoms with E-state index in [4.69, 9.17) is 4.74 Å². The summed E-state index contributed by atoms with van der Waals surface area (Å²) in [6.45, 7) is 6.10. The highest BCUT2D eigenvalue weighted by Crippen LogP contribution is 2.22. The zero-order chi connectivity index (χ0) is 20.1. The van der Waals surface area contributed by atoms with Gasteiger partial charge < -0.3 is 15.4 Å². The van der Waals surface area contributed by atoms with E-state index in [1.165, 1.54) is 12.1 Å². The lowest BCUT2D eigenvalue weighted by molar-refractivity contribution is 0.177. The topological polar surface area (TPSA) is 76.4 Å². The molecule has 0 amide bonds. The number of nitrogens with zero attached hydrogens (tertiary/aromatic N) is 4. The number of guanidine groups is 1. The molecule has 0 bridgehead atoms. The van der Waals surface area contributed by atoms with Crippen LogP contribution in [0.1, 0.15) is 37.5 Å². The van der Waals surface area contributed by atoms with Crippen LogP contribution in [0.5, 0.6) is 0 Å². The van der Waals surface area contributed by atoms with Crippen molar-refractivity contribution in [1.82, 2.24) is 25.4 Å². The largest absolute Gasteiger partial charge is 0.377 e. The standard InChI is InChI=1S/C20H29FN6O/c1-20(2,14-5-7-15(21)8-6-14)13-23-19(22-3)24-16-9-10-18-25-17(12-28-4)26-27(18)11-16/h5-8,16H,9-13H2,1-4H3,(H2,22,23,24). The lowest BCUT2D eigenvalue weighted by atomic mass is 9.84. The summed E-state index contributed by atoms with van der Waals surface area (Å²) in [5.74, 6) is 2.26. The van der Waals surface area contributed by atoms with Gasteiger partial charge in [0, 0.05) is 38.6 Å². The molecule has 2 aromatic rings. The van der Waals surface area contributed by atoms with E-state index in [9.17, 15) is 4.39 Å². The molecule has 2 N–H and O–H groups in total. The van der Waals surface area contributed by atoms with E-state index >= 15 is 0 Å². The molecule has 2 heterocycles. The highest BCUT2D eigenvalue weighted by Gasteiger charge is 2.24. The van der Waals surface area contributed by atoms with Crippen molar-refractivity contribution in [2.24, 2.45) is 4.99 Å². The summed E-state index contributed by atoms with van der Waals surface area (Å²) >= 11 is 0. The summed E-state index contributed by atoms with van der Waals surface area (Å²) in [5, 5.41) is 11.4. The zero-order valence-corrected chi connectivity index (χ0v) is 17.0. The minimum Gasteiger partial charge on any atom is -0.377 e. The molecule has 1 aromatic heterocycles. The van der Waals surface area contributed by atoms with Crippen molar-refractivity contribution in [3.05, 3.63) is 47.3 Å². The Bertz CT molecular complexity index is 815. The molecular formula is C20H29FN6O. The first kappa shape index (κ1) is 20.3. The molecule has 0 aliphatic carbocycles. The summed E-state index contributed by atoms with van der Waals surface area (Å²) in [5.41, 5.74) is 0.916. The van der Waals surface area contributed by atoms with Crippen molar-refractivity contribution < 1.29 is 9.13 Å². The number of ether oxygens (including phenoxy) is 1. The fourth-order valence-electron chi connectivity index (χ4n) is 3.36. The quantitative estimate of drug-likeness (QED) is 0.585. The van der Waals surface area contributed by atoms with Gasteiger partial charge in [0.1, 0.15) is 18.2 Å². The van der Waals surface area contributed by atoms with Crippen LogP contribution in [-0.2, 0) is 29.7 Å². The van der Waals surface area contributed by atoms with Gasteiger partial charge in [-0.2, -0.15) is 5.10 Å². The Labute approximate surface area is 165 Å². The molecule has 0 fully saturated rings. The molecule has 1 atom stereocenters. The van der Waals surface area contributed by atoms with E-state index in [-0.39, 0.29) is 17.3 Å². The predicted molar refractivity (Wildman–Crippen MR) is 107 cm³/mol. The number of aromatic nitrogens is 3. The summed E-state index contributed by atoms with van der Waals surface area (Å²) in [4.78, 5) is 8.86. The molecule has 8 heteroatoms. The van der Waals surface area contributed by atoms with Crippen LogP contribution in [0.15, 0.2) is 29.3 Å². The van der Waals surface area contributed by atoms with E-state index in [0.29, 0.717) is 13.2 Å². The summed E-state index contributed by atoms with van der Waals surface area (Å²) in [6, 6.07) is 6.89. The highest BCUT2D eigenvalue weighted by atomic mass is 19.1. The van der Waals surface area contributed by atoms with Gasteiger partial charge in [-0.15, -0.1) is 0 Å². The maximum Gasteiger partial charge on any atom is 0.191 e. The Morgan fingerprint density at radius 3 is 2.79 bits per heavy atom. The van der Waals surface area contributed by atoms with Gasteiger partial charge in [-0.1, -0.05) is 26.0 Å². The molecule has 0 spiro atoms. The molecule has 1 aliphatic heterocycles. The van der Waals surface area contributed by atoms with Crippen LogP contribution in [0.2, 0.25) is 0 Å². The predicted octanol–water partition coefficient (Wildman–Crippen LogP) is 2.02. The summed E-state index contributed by atoms with van der Waals surface area (Å²) < 4.78 is 20.3. The normalized spacial score (nSPS) is 17.3. The first-order chi connectivity index (χ1) is 13.4. The van der Waals surface area contributed by atoms with Gasteiger partial charge in [0.2, 0.25) is 0 Å². The molecule has 0 saturated heterocycles. The van der Waals surface area contributed by atoms with Crippen LogP contribution in [0.4, 0.5) is 4.39 Å². The van der Waals surface area contributed by atoms with Crippen LogP contribution in [0.25, 0.3) is 0 Å². The summed E-state index contributed by atoms with van der Waals surface area (Å²) in [6.07, 6.45) is 1.83. The minimum atomic E-state index is -0.219. The third-order valence-electron chi connectivity index (χ3n) is 5.06. The number of methoxy groups -OCH3 is 1. The van der Waals surface area contributed by atoms with Crippen molar-refractivity contribution in [3.63, 3.8) is 0 Å². The lowest BCUT2D eigenvalue weighted by Crippen LogP contribution is -2.49. The number of rotatable bonds is 6. The highest BCUT2D eigenvalue weighted by molar-refractivity contribution is 5.80. The van der Waals surface area contributed by atoms with Crippen LogP contribution < -0.4 is 10.6 Å². The molecule has 152 valence electrons. The maximum atomic E-state index is 13.2. The fraction of sp³-hybridized carbons (Fsp3) is 0.550.